The number of hydrogen-bond acceptors (Lipinski definition) is 3. The second kappa shape index (κ2) is 5.49. The third-order valence-corrected chi connectivity index (χ3v) is 3.91. The molecule has 23 heavy (non-hydrogen) atoms. The third kappa shape index (κ3) is 2.88. The van der Waals surface area contributed by atoms with E-state index in [0.717, 1.165) is 6.92 Å². The van der Waals surface area contributed by atoms with Crippen molar-refractivity contribution in [3.8, 4) is 0 Å². The maximum atomic E-state index is 13.0. The maximum Gasteiger partial charge on any atom is 0.405 e. The van der Waals surface area contributed by atoms with Crippen molar-refractivity contribution in [1.29, 1.82) is 0 Å². The van der Waals surface area contributed by atoms with Crippen LogP contribution in [0, 0.1) is 5.82 Å². The van der Waals surface area contributed by atoms with Gasteiger partial charge in [-0.25, -0.2) is 9.38 Å². The first-order valence-corrected chi connectivity index (χ1v) is 7.14. The van der Waals surface area contributed by atoms with E-state index < -0.39 is 12.2 Å². The number of hydrazine groups is 1. The molecule has 0 aromatic heterocycles. The Balaban J connectivity index is 1.90. The van der Waals surface area contributed by atoms with Crippen LogP contribution in [0.15, 0.2) is 52.9 Å². The van der Waals surface area contributed by atoms with Crippen molar-refractivity contribution in [1.82, 2.24) is 10.0 Å². The molecule has 1 atom stereocenters. The zero-order valence-electron chi connectivity index (χ0n) is 12.6. The summed E-state index contributed by atoms with van der Waals surface area (Å²) in [5.41, 5.74) is 1.96. The Morgan fingerprint density at radius 3 is 2.43 bits per heavy atom. The number of aliphatic imine (C=N–C) groups is 1. The summed E-state index contributed by atoms with van der Waals surface area (Å²) in [6.07, 6.45) is -0.960. The Morgan fingerprint density at radius 1 is 1.17 bits per heavy atom. The van der Waals surface area contributed by atoms with Gasteiger partial charge in [-0.05, 0) is 50.3 Å². The van der Waals surface area contributed by atoms with E-state index in [-0.39, 0.29) is 12.4 Å². The first-order valence-electron chi connectivity index (χ1n) is 7.14. The molecule has 0 bridgehead atoms. The Hall–Kier alpha value is -2.15. The molecule has 0 aliphatic carbocycles. The average molecular weight is 325 g/mol. The average Bonchev–Trinajstić information content (AvgIpc) is 2.90. The van der Waals surface area contributed by atoms with Gasteiger partial charge in [-0.1, -0.05) is 0 Å². The van der Waals surface area contributed by atoms with E-state index in [1.54, 1.807) is 31.2 Å². The number of nitrogens with zero attached hydrogens (tertiary/aromatic N) is 3. The highest BCUT2D eigenvalue weighted by atomic mass is 19.4. The lowest BCUT2D eigenvalue weighted by Gasteiger charge is -2.38. The Morgan fingerprint density at radius 2 is 1.83 bits per heavy atom. The van der Waals surface area contributed by atoms with Crippen molar-refractivity contribution in [2.45, 2.75) is 26.1 Å². The van der Waals surface area contributed by atoms with Crippen LogP contribution in [0.25, 0.3) is 0 Å². The van der Waals surface area contributed by atoms with Gasteiger partial charge >= 0.3 is 6.18 Å². The Bertz CT molecular complexity index is 701. The summed E-state index contributed by atoms with van der Waals surface area (Å²) in [5.74, 6) is 0.109. The summed E-state index contributed by atoms with van der Waals surface area (Å²) < 4.78 is 52.0. The van der Waals surface area contributed by atoms with E-state index >= 15 is 0 Å². The molecule has 2 heterocycles. The van der Waals surface area contributed by atoms with Gasteiger partial charge < -0.3 is 0 Å². The molecule has 2 aliphatic rings. The number of allylic oxidation sites excluding steroid dienone is 2. The SMILES string of the molecule is CC1=CC(c2ccc(F)cc2)=NC2=CCN([C@H](C)C(F)(F)F)N12. The van der Waals surface area contributed by atoms with Crippen molar-refractivity contribution in [2.24, 2.45) is 4.99 Å². The van der Waals surface area contributed by atoms with Crippen molar-refractivity contribution in [3.05, 3.63) is 59.3 Å². The van der Waals surface area contributed by atoms with E-state index in [1.807, 2.05) is 0 Å². The lowest BCUT2D eigenvalue weighted by molar-refractivity contribution is -0.201. The van der Waals surface area contributed by atoms with Crippen LogP contribution < -0.4 is 0 Å². The molecule has 122 valence electrons. The monoisotopic (exact) mass is 325 g/mol. The molecule has 0 unspecified atom stereocenters. The smallest absolute Gasteiger partial charge is 0.261 e. The van der Waals surface area contributed by atoms with Crippen molar-refractivity contribution >= 4 is 5.71 Å². The molecule has 0 fully saturated rings. The molecule has 0 spiro atoms. The molecule has 0 amide bonds. The molecule has 0 saturated carbocycles. The summed E-state index contributed by atoms with van der Waals surface area (Å²) >= 11 is 0. The molecule has 7 heteroatoms. The predicted octanol–water partition coefficient (Wildman–Crippen LogP) is 3.86. The third-order valence-electron chi connectivity index (χ3n) is 3.91. The van der Waals surface area contributed by atoms with E-state index in [1.165, 1.54) is 22.2 Å². The molecule has 3 nitrogen and oxygen atoms in total. The molecule has 0 N–H and O–H groups in total. The normalized spacial score (nSPS) is 19.9. The number of rotatable bonds is 2. The van der Waals surface area contributed by atoms with Gasteiger partial charge in [0.15, 0.2) is 0 Å². The first-order chi connectivity index (χ1) is 10.8. The molecule has 3 rings (SSSR count). The van der Waals surface area contributed by atoms with E-state index in [0.29, 0.717) is 22.8 Å². The van der Waals surface area contributed by atoms with Crippen LogP contribution in [0.5, 0.6) is 0 Å². The van der Waals surface area contributed by atoms with Gasteiger partial charge in [-0.2, -0.15) is 18.2 Å². The molecule has 0 radical (unpaired) electrons. The minimum Gasteiger partial charge on any atom is -0.261 e. The highest BCUT2D eigenvalue weighted by Crippen LogP contribution is 2.34. The van der Waals surface area contributed by atoms with Gasteiger partial charge in [0.1, 0.15) is 17.7 Å². The topological polar surface area (TPSA) is 18.8 Å². The fraction of sp³-hybridized carbons (Fsp3) is 0.312. The quantitative estimate of drug-likeness (QED) is 0.769. The van der Waals surface area contributed by atoms with E-state index in [9.17, 15) is 17.6 Å². The van der Waals surface area contributed by atoms with E-state index in [2.05, 4.69) is 4.99 Å². The summed E-state index contributed by atoms with van der Waals surface area (Å²) in [6, 6.07) is 4.24. The molecule has 1 aromatic carbocycles. The van der Waals surface area contributed by atoms with Crippen LogP contribution in [0.1, 0.15) is 19.4 Å². The van der Waals surface area contributed by atoms with Gasteiger partial charge in [0.2, 0.25) is 0 Å². The predicted molar refractivity (Wildman–Crippen MR) is 78.8 cm³/mol. The lowest BCUT2D eigenvalue weighted by atomic mass is 10.1. The number of fused-ring (bicyclic) bond motifs is 1. The fourth-order valence-corrected chi connectivity index (χ4v) is 2.63. The molecular weight excluding hydrogens is 310 g/mol. The zero-order valence-corrected chi connectivity index (χ0v) is 12.6. The van der Waals surface area contributed by atoms with Crippen LogP contribution >= 0.6 is 0 Å². The van der Waals surface area contributed by atoms with Crippen molar-refractivity contribution < 1.29 is 17.6 Å². The van der Waals surface area contributed by atoms with Crippen LogP contribution in [0.2, 0.25) is 0 Å². The second-order valence-corrected chi connectivity index (χ2v) is 5.50. The number of halogens is 4. The fourth-order valence-electron chi connectivity index (χ4n) is 2.63. The van der Waals surface area contributed by atoms with Crippen molar-refractivity contribution in [2.75, 3.05) is 6.54 Å². The highest BCUT2D eigenvalue weighted by Gasteiger charge is 2.45. The molecule has 2 aliphatic heterocycles. The zero-order chi connectivity index (χ0) is 16.8. The minimum absolute atomic E-state index is 0.140. The van der Waals surface area contributed by atoms with E-state index in [4.69, 9.17) is 0 Å². The largest absolute Gasteiger partial charge is 0.405 e. The van der Waals surface area contributed by atoms with Gasteiger partial charge in [-0.3, -0.25) is 5.01 Å². The summed E-state index contributed by atoms with van der Waals surface area (Å²) in [4.78, 5) is 4.40. The van der Waals surface area contributed by atoms with Gasteiger partial charge in [-0.15, -0.1) is 0 Å². The van der Waals surface area contributed by atoms with Crippen LogP contribution in [0.3, 0.4) is 0 Å². The van der Waals surface area contributed by atoms with Gasteiger partial charge in [0.25, 0.3) is 0 Å². The Kier molecular flexibility index (Phi) is 3.75. The summed E-state index contributed by atoms with van der Waals surface area (Å²) in [5, 5.41) is 2.71. The number of alkyl halides is 3. The van der Waals surface area contributed by atoms with Crippen LogP contribution in [-0.4, -0.2) is 34.5 Å². The standard InChI is InChI=1S/C16H15F4N3/c1-10-9-14(12-3-5-13(17)6-4-12)21-15-7-8-22(23(10)15)11(2)16(18,19)20/h3-7,9,11H,8H2,1-2H3/t11-/m1/s1. The van der Waals surface area contributed by atoms with Crippen molar-refractivity contribution in [3.63, 3.8) is 0 Å². The second-order valence-electron chi connectivity index (χ2n) is 5.50. The first kappa shape index (κ1) is 15.7. The van der Waals surface area contributed by atoms with Gasteiger partial charge in [0.05, 0.1) is 5.71 Å². The molecular formula is C16H15F4N3. The minimum atomic E-state index is -4.31. The molecule has 1 aromatic rings. The lowest BCUT2D eigenvalue weighted by Crippen LogP contribution is -2.49. The highest BCUT2D eigenvalue weighted by molar-refractivity contribution is 6.10. The van der Waals surface area contributed by atoms with Crippen LogP contribution in [0.4, 0.5) is 17.6 Å². The van der Waals surface area contributed by atoms with Gasteiger partial charge in [0, 0.05) is 17.8 Å². The summed E-state index contributed by atoms with van der Waals surface area (Å²) in [6.45, 7) is 3.00. The maximum absolute atomic E-state index is 13.0. The number of hydrogen-bond donors (Lipinski definition) is 0. The summed E-state index contributed by atoms with van der Waals surface area (Å²) in [7, 11) is 0. The Labute approximate surface area is 131 Å². The van der Waals surface area contributed by atoms with Crippen LogP contribution in [-0.2, 0) is 0 Å². The molecule has 0 saturated heterocycles. The number of benzene rings is 1.